The Balaban J connectivity index is 1.78. The number of aryl methyl sites for hydroxylation is 1. The zero-order valence-corrected chi connectivity index (χ0v) is 24.2. The van der Waals surface area contributed by atoms with Crippen LogP contribution in [0.5, 0.6) is 11.5 Å². The number of carbonyl (C=O) groups is 3. The number of amides is 1. The van der Waals surface area contributed by atoms with Crippen molar-refractivity contribution in [3.63, 3.8) is 0 Å². The van der Waals surface area contributed by atoms with E-state index in [9.17, 15) is 19.5 Å². The van der Waals surface area contributed by atoms with Crippen LogP contribution in [0.3, 0.4) is 0 Å². The topological polar surface area (TPSA) is 115 Å². The molecule has 1 unspecified atom stereocenters. The number of methoxy groups -OCH3 is 2. The predicted octanol–water partition coefficient (Wildman–Crippen LogP) is 6.00. The smallest absolute Gasteiger partial charge is 0.350 e. The SMILES string of the molecule is CCCCCOc1ccc(C2C(C(=O)/C=C/c3ccccc3)=C(O)C(=O)N2c2nc(C)c(C(=O)OC)s2)cc1OC. The molecule has 0 spiro atoms. The summed E-state index contributed by atoms with van der Waals surface area (Å²) < 4.78 is 16.4. The number of anilines is 1. The van der Waals surface area contributed by atoms with Gasteiger partial charge in [0.2, 0.25) is 0 Å². The minimum atomic E-state index is -1.05. The molecule has 4 rings (SSSR count). The van der Waals surface area contributed by atoms with E-state index >= 15 is 0 Å². The summed E-state index contributed by atoms with van der Waals surface area (Å²) in [5, 5.41) is 11.2. The van der Waals surface area contributed by atoms with Crippen molar-refractivity contribution in [1.82, 2.24) is 4.98 Å². The number of nitrogens with zero attached hydrogens (tertiary/aromatic N) is 2. The van der Waals surface area contributed by atoms with Gasteiger partial charge in [-0.15, -0.1) is 0 Å². The fourth-order valence-corrected chi connectivity index (χ4v) is 5.48. The number of rotatable bonds is 12. The van der Waals surface area contributed by atoms with Crippen LogP contribution in [-0.2, 0) is 14.3 Å². The number of thiazole rings is 1. The number of aliphatic hydroxyl groups is 1. The maximum absolute atomic E-state index is 13.6. The predicted molar refractivity (Wildman–Crippen MR) is 157 cm³/mol. The van der Waals surface area contributed by atoms with Crippen LogP contribution in [0.1, 0.15) is 58.7 Å². The van der Waals surface area contributed by atoms with Crippen molar-refractivity contribution in [2.24, 2.45) is 0 Å². The van der Waals surface area contributed by atoms with Crippen LogP contribution in [0.2, 0.25) is 0 Å². The first-order valence-corrected chi connectivity index (χ1v) is 14.0. The molecule has 0 fully saturated rings. The lowest BCUT2D eigenvalue weighted by molar-refractivity contribution is -0.117. The van der Waals surface area contributed by atoms with E-state index in [1.165, 1.54) is 25.2 Å². The summed E-state index contributed by atoms with van der Waals surface area (Å²) in [5.41, 5.74) is 1.51. The van der Waals surface area contributed by atoms with Crippen molar-refractivity contribution >= 4 is 40.2 Å². The largest absolute Gasteiger partial charge is 0.503 e. The molecule has 0 bridgehead atoms. The molecule has 41 heavy (non-hydrogen) atoms. The molecule has 0 radical (unpaired) electrons. The molecule has 1 aliphatic rings. The van der Waals surface area contributed by atoms with Crippen molar-refractivity contribution in [3.8, 4) is 11.5 Å². The van der Waals surface area contributed by atoms with E-state index < -0.39 is 29.5 Å². The fraction of sp³-hybridized carbons (Fsp3) is 0.290. The minimum absolute atomic E-state index is 0.117. The summed E-state index contributed by atoms with van der Waals surface area (Å²) in [4.78, 5) is 45.2. The highest BCUT2D eigenvalue weighted by molar-refractivity contribution is 7.17. The van der Waals surface area contributed by atoms with Gasteiger partial charge in [0.25, 0.3) is 5.91 Å². The van der Waals surface area contributed by atoms with Crippen molar-refractivity contribution in [1.29, 1.82) is 0 Å². The van der Waals surface area contributed by atoms with E-state index in [4.69, 9.17) is 14.2 Å². The van der Waals surface area contributed by atoms with E-state index in [1.807, 2.05) is 30.3 Å². The summed E-state index contributed by atoms with van der Waals surface area (Å²) in [6.07, 6.45) is 5.92. The van der Waals surface area contributed by atoms with Crippen molar-refractivity contribution < 1.29 is 33.7 Å². The molecule has 214 valence electrons. The third-order valence-electron chi connectivity index (χ3n) is 6.57. The number of hydrogen-bond donors (Lipinski definition) is 1. The second kappa shape index (κ2) is 13.3. The summed E-state index contributed by atoms with van der Waals surface area (Å²) in [5.74, 6) is -1.71. The molecule has 0 saturated carbocycles. The maximum Gasteiger partial charge on any atom is 0.350 e. The standard InChI is InChI=1S/C31H32N2O7S/c1-5-6-10-17-40-23-16-14-21(18-24(23)38-3)26-25(22(34)15-13-20-11-8-7-9-12-20)27(35)29(36)33(26)31-32-19(2)28(41-31)30(37)39-4/h7-9,11-16,18,26,35H,5-6,10,17H2,1-4H3/b15-13+. The highest BCUT2D eigenvalue weighted by Crippen LogP contribution is 2.45. The molecule has 3 aromatic rings. The van der Waals surface area contributed by atoms with Crippen LogP contribution in [0, 0.1) is 6.92 Å². The molecule has 1 amide bonds. The van der Waals surface area contributed by atoms with Gasteiger partial charge in [0.15, 0.2) is 28.2 Å². The molecule has 2 heterocycles. The number of aliphatic hydroxyl groups excluding tert-OH is 1. The van der Waals surface area contributed by atoms with Crippen LogP contribution in [0.4, 0.5) is 5.13 Å². The van der Waals surface area contributed by atoms with Crippen LogP contribution >= 0.6 is 11.3 Å². The average molecular weight is 577 g/mol. The molecule has 2 aromatic carbocycles. The highest BCUT2D eigenvalue weighted by Gasteiger charge is 2.45. The Morgan fingerprint density at radius 1 is 1.10 bits per heavy atom. The molecular formula is C31H32N2O7S. The van der Waals surface area contributed by atoms with Crippen molar-refractivity contribution in [2.45, 2.75) is 39.2 Å². The number of hydrogen-bond acceptors (Lipinski definition) is 9. The molecule has 9 nitrogen and oxygen atoms in total. The van der Waals surface area contributed by atoms with Gasteiger partial charge in [-0.3, -0.25) is 14.5 Å². The lowest BCUT2D eigenvalue weighted by Gasteiger charge is -2.25. The zero-order valence-electron chi connectivity index (χ0n) is 23.4. The van der Waals surface area contributed by atoms with Crippen LogP contribution in [0.15, 0.2) is 65.9 Å². The molecule has 1 atom stereocenters. The Labute approximate surface area is 242 Å². The Morgan fingerprint density at radius 2 is 1.85 bits per heavy atom. The van der Waals surface area contributed by atoms with Crippen LogP contribution in [-0.4, -0.2) is 48.6 Å². The Kier molecular flexibility index (Phi) is 9.57. The number of aromatic nitrogens is 1. The van der Waals surface area contributed by atoms with Crippen molar-refractivity contribution in [3.05, 3.63) is 87.6 Å². The second-order valence-corrected chi connectivity index (χ2v) is 10.3. The third-order valence-corrected chi connectivity index (χ3v) is 7.71. The van der Waals surface area contributed by atoms with E-state index in [2.05, 4.69) is 11.9 Å². The van der Waals surface area contributed by atoms with Crippen LogP contribution in [0.25, 0.3) is 6.08 Å². The lowest BCUT2D eigenvalue weighted by Crippen LogP contribution is -2.30. The van der Waals surface area contributed by atoms with Crippen molar-refractivity contribution in [2.75, 3.05) is 25.7 Å². The zero-order chi connectivity index (χ0) is 29.5. The highest BCUT2D eigenvalue weighted by atomic mass is 32.1. The van der Waals surface area contributed by atoms with Crippen LogP contribution < -0.4 is 14.4 Å². The van der Waals surface area contributed by atoms with E-state index in [0.717, 1.165) is 36.2 Å². The monoisotopic (exact) mass is 576 g/mol. The molecular weight excluding hydrogens is 544 g/mol. The van der Waals surface area contributed by atoms with Gasteiger partial charge < -0.3 is 19.3 Å². The van der Waals surface area contributed by atoms with Gasteiger partial charge in [0.1, 0.15) is 4.88 Å². The number of esters is 1. The third kappa shape index (κ3) is 6.33. The Hall–Kier alpha value is -4.44. The van der Waals surface area contributed by atoms with E-state index in [-0.39, 0.29) is 15.6 Å². The fourth-order valence-electron chi connectivity index (χ4n) is 4.47. The molecule has 1 N–H and O–H groups in total. The minimum Gasteiger partial charge on any atom is -0.503 e. The quantitative estimate of drug-likeness (QED) is 0.159. The summed E-state index contributed by atoms with van der Waals surface area (Å²) in [6, 6.07) is 13.3. The van der Waals surface area contributed by atoms with E-state index in [1.54, 1.807) is 31.2 Å². The normalized spacial score (nSPS) is 15.1. The second-order valence-electron chi connectivity index (χ2n) is 9.32. The number of ketones is 1. The van der Waals surface area contributed by atoms with Gasteiger partial charge in [-0.05, 0) is 42.7 Å². The first-order valence-electron chi connectivity index (χ1n) is 13.2. The molecule has 1 aliphatic heterocycles. The van der Waals surface area contributed by atoms with Gasteiger partial charge in [-0.25, -0.2) is 9.78 Å². The summed E-state index contributed by atoms with van der Waals surface area (Å²) in [7, 11) is 2.76. The molecule has 0 aliphatic carbocycles. The number of benzene rings is 2. The average Bonchev–Trinajstić information content (AvgIpc) is 3.50. The first-order chi connectivity index (χ1) is 19.8. The number of unbranched alkanes of at least 4 members (excludes halogenated alkanes) is 2. The molecule has 10 heteroatoms. The van der Waals surface area contributed by atoms with Gasteiger partial charge in [-0.2, -0.15) is 0 Å². The molecule has 1 aromatic heterocycles. The Morgan fingerprint density at radius 3 is 2.54 bits per heavy atom. The van der Waals surface area contributed by atoms with E-state index in [0.29, 0.717) is 29.4 Å². The van der Waals surface area contributed by atoms with Gasteiger partial charge in [0, 0.05) is 0 Å². The number of carbonyl (C=O) groups excluding carboxylic acids is 3. The van der Waals surface area contributed by atoms with Gasteiger partial charge in [0.05, 0.1) is 38.1 Å². The molecule has 0 saturated heterocycles. The Bertz CT molecular complexity index is 1490. The summed E-state index contributed by atoms with van der Waals surface area (Å²) >= 11 is 0.943. The van der Waals surface area contributed by atoms with Gasteiger partial charge in [-0.1, -0.05) is 73.6 Å². The maximum atomic E-state index is 13.6. The number of ether oxygens (including phenoxy) is 3. The summed E-state index contributed by atoms with van der Waals surface area (Å²) in [6.45, 7) is 4.25. The first kappa shape index (κ1) is 29.5. The number of allylic oxidation sites excluding steroid dienone is 1. The van der Waals surface area contributed by atoms with Gasteiger partial charge >= 0.3 is 5.97 Å². The lowest BCUT2D eigenvalue weighted by atomic mass is 9.95.